The van der Waals surface area contributed by atoms with Crippen molar-refractivity contribution in [2.75, 3.05) is 12.4 Å². The van der Waals surface area contributed by atoms with Gasteiger partial charge in [-0.3, -0.25) is 4.79 Å². The van der Waals surface area contributed by atoms with Crippen LogP contribution in [-0.4, -0.2) is 30.3 Å². The van der Waals surface area contributed by atoms with Crippen LogP contribution in [0.2, 0.25) is 0 Å². The average molecular weight is 313 g/mol. The summed E-state index contributed by atoms with van der Waals surface area (Å²) in [4.78, 5) is 11.7. The molecule has 0 aliphatic carbocycles. The van der Waals surface area contributed by atoms with Gasteiger partial charge in [-0.25, -0.2) is 0 Å². The highest BCUT2D eigenvalue weighted by Gasteiger charge is 2.36. The Labute approximate surface area is 134 Å². The molecule has 120 valence electrons. The van der Waals surface area contributed by atoms with Crippen molar-refractivity contribution in [3.63, 3.8) is 0 Å². The van der Waals surface area contributed by atoms with Gasteiger partial charge in [0.05, 0.1) is 25.3 Å². The fourth-order valence-corrected chi connectivity index (χ4v) is 2.75. The van der Waals surface area contributed by atoms with Gasteiger partial charge in [-0.15, -0.1) is 0 Å². The molecule has 0 radical (unpaired) electrons. The molecule has 0 saturated heterocycles. The van der Waals surface area contributed by atoms with E-state index < -0.39 is 18.2 Å². The maximum absolute atomic E-state index is 11.7. The number of fused-ring (bicyclic) bond motifs is 1. The first-order chi connectivity index (χ1) is 11.2. The molecule has 0 unspecified atom stereocenters. The highest BCUT2D eigenvalue weighted by molar-refractivity contribution is 5.71. The maximum Gasteiger partial charge on any atom is 0.309 e. The number of methoxy groups -OCH3 is 1. The minimum Gasteiger partial charge on any atom is -0.485 e. The van der Waals surface area contributed by atoms with Crippen LogP contribution in [0.5, 0.6) is 5.75 Å². The van der Waals surface area contributed by atoms with E-state index in [4.69, 9.17) is 9.47 Å². The first-order valence-corrected chi connectivity index (χ1v) is 7.51. The molecule has 0 aromatic heterocycles. The highest BCUT2D eigenvalue weighted by atomic mass is 16.5. The lowest BCUT2D eigenvalue weighted by Gasteiger charge is -2.37. The van der Waals surface area contributed by atoms with Gasteiger partial charge in [0.15, 0.2) is 0 Å². The molecule has 23 heavy (non-hydrogen) atoms. The van der Waals surface area contributed by atoms with Crippen LogP contribution >= 0.6 is 0 Å². The van der Waals surface area contributed by atoms with Gasteiger partial charge in [-0.2, -0.15) is 0 Å². The van der Waals surface area contributed by atoms with E-state index in [0.717, 1.165) is 11.3 Å². The first kappa shape index (κ1) is 15.4. The van der Waals surface area contributed by atoms with Crippen molar-refractivity contribution in [3.05, 3.63) is 60.2 Å². The van der Waals surface area contributed by atoms with E-state index in [1.54, 1.807) is 0 Å². The molecule has 2 aromatic rings. The number of esters is 1. The summed E-state index contributed by atoms with van der Waals surface area (Å²) in [5, 5.41) is 14.0. The fraction of sp³-hybridized carbons (Fsp3) is 0.278. The number of hydrogen-bond donors (Lipinski definition) is 2. The van der Waals surface area contributed by atoms with Crippen molar-refractivity contribution in [2.45, 2.75) is 24.7 Å². The lowest BCUT2D eigenvalue weighted by atomic mass is 9.94. The number of aliphatic hydroxyl groups is 1. The summed E-state index contributed by atoms with van der Waals surface area (Å²) >= 11 is 0. The van der Waals surface area contributed by atoms with Gasteiger partial charge in [-0.1, -0.05) is 42.5 Å². The van der Waals surface area contributed by atoms with Crippen molar-refractivity contribution in [1.29, 1.82) is 0 Å². The number of carbonyl (C=O) groups is 1. The predicted molar refractivity (Wildman–Crippen MR) is 86.3 cm³/mol. The molecular weight excluding hydrogens is 294 g/mol. The Balaban J connectivity index is 1.89. The Kier molecular flexibility index (Phi) is 4.48. The normalized spacial score (nSPS) is 20.6. The molecule has 0 spiro atoms. The molecule has 5 nitrogen and oxygen atoms in total. The van der Waals surface area contributed by atoms with Crippen molar-refractivity contribution in [3.8, 4) is 5.75 Å². The van der Waals surface area contributed by atoms with Crippen LogP contribution in [0, 0.1) is 0 Å². The van der Waals surface area contributed by atoms with Gasteiger partial charge in [0.25, 0.3) is 0 Å². The van der Waals surface area contributed by atoms with Gasteiger partial charge >= 0.3 is 5.97 Å². The Bertz CT molecular complexity index is 674. The third kappa shape index (κ3) is 3.29. The van der Waals surface area contributed by atoms with E-state index in [1.807, 2.05) is 54.6 Å². The van der Waals surface area contributed by atoms with Crippen molar-refractivity contribution in [1.82, 2.24) is 0 Å². The van der Waals surface area contributed by atoms with E-state index in [2.05, 4.69) is 5.32 Å². The molecule has 0 bridgehead atoms. The van der Waals surface area contributed by atoms with Crippen LogP contribution in [0.1, 0.15) is 18.1 Å². The SMILES string of the molecule is COC(=O)C[C@@H]1Oc2ccccc2N[C@@H]1[C@@H](O)c1ccccc1. The predicted octanol–water partition coefficient (Wildman–Crippen LogP) is 2.52. The molecule has 0 saturated carbocycles. The van der Waals surface area contributed by atoms with E-state index in [0.29, 0.717) is 5.75 Å². The zero-order valence-corrected chi connectivity index (χ0v) is 12.8. The standard InChI is InChI=1S/C18H19NO4/c1-22-16(20)11-15-17(18(21)12-7-3-2-4-8-12)19-13-9-5-6-10-14(13)23-15/h2-10,15,17-19,21H,11H2,1H3/t15-,17-,18-/m0/s1. The van der Waals surface area contributed by atoms with Crippen molar-refractivity contribution >= 4 is 11.7 Å². The summed E-state index contributed by atoms with van der Waals surface area (Å²) < 4.78 is 10.7. The molecule has 2 aromatic carbocycles. The molecule has 2 N–H and O–H groups in total. The summed E-state index contributed by atoms with van der Waals surface area (Å²) in [7, 11) is 1.34. The number of rotatable bonds is 4. The summed E-state index contributed by atoms with van der Waals surface area (Å²) in [5.41, 5.74) is 1.57. The molecule has 5 heteroatoms. The first-order valence-electron chi connectivity index (χ1n) is 7.51. The lowest BCUT2D eigenvalue weighted by molar-refractivity contribution is -0.143. The summed E-state index contributed by atoms with van der Waals surface area (Å²) in [6, 6.07) is 16.3. The van der Waals surface area contributed by atoms with Gasteiger partial charge in [-0.05, 0) is 17.7 Å². The number of aliphatic hydroxyl groups excluding tert-OH is 1. The molecule has 3 atom stereocenters. The quantitative estimate of drug-likeness (QED) is 0.849. The highest BCUT2D eigenvalue weighted by Crippen LogP contribution is 2.36. The Morgan fingerprint density at radius 2 is 1.91 bits per heavy atom. The summed E-state index contributed by atoms with van der Waals surface area (Å²) in [6.07, 6.45) is -1.27. The van der Waals surface area contributed by atoms with Gasteiger partial charge in [0.2, 0.25) is 0 Å². The Morgan fingerprint density at radius 3 is 2.65 bits per heavy atom. The molecule has 3 rings (SSSR count). The Hall–Kier alpha value is -2.53. The lowest BCUT2D eigenvalue weighted by Crippen LogP contribution is -2.46. The van der Waals surface area contributed by atoms with Crippen LogP contribution in [-0.2, 0) is 9.53 Å². The van der Waals surface area contributed by atoms with E-state index in [9.17, 15) is 9.90 Å². The number of benzene rings is 2. The second-order valence-electron chi connectivity index (χ2n) is 5.46. The van der Waals surface area contributed by atoms with E-state index in [1.165, 1.54) is 7.11 Å². The monoisotopic (exact) mass is 313 g/mol. The minimum absolute atomic E-state index is 0.0619. The molecule has 1 heterocycles. The smallest absolute Gasteiger partial charge is 0.309 e. The second-order valence-corrected chi connectivity index (χ2v) is 5.46. The number of ether oxygens (including phenoxy) is 2. The largest absolute Gasteiger partial charge is 0.485 e. The van der Waals surface area contributed by atoms with Crippen LogP contribution in [0.15, 0.2) is 54.6 Å². The summed E-state index contributed by atoms with van der Waals surface area (Å²) in [6.45, 7) is 0. The average Bonchev–Trinajstić information content (AvgIpc) is 2.61. The van der Waals surface area contributed by atoms with Crippen molar-refractivity contribution < 1.29 is 19.4 Å². The van der Waals surface area contributed by atoms with Gasteiger partial charge in [0, 0.05) is 0 Å². The molecule has 0 amide bonds. The molecular formula is C18H19NO4. The van der Waals surface area contributed by atoms with Gasteiger partial charge < -0.3 is 19.9 Å². The third-order valence-corrected chi connectivity index (χ3v) is 3.96. The number of para-hydroxylation sites is 2. The topological polar surface area (TPSA) is 67.8 Å². The fourth-order valence-electron chi connectivity index (χ4n) is 2.75. The van der Waals surface area contributed by atoms with Crippen LogP contribution in [0.3, 0.4) is 0 Å². The van der Waals surface area contributed by atoms with Crippen LogP contribution in [0.4, 0.5) is 5.69 Å². The minimum atomic E-state index is -0.806. The van der Waals surface area contributed by atoms with Crippen LogP contribution < -0.4 is 10.1 Å². The zero-order valence-electron chi connectivity index (χ0n) is 12.8. The maximum atomic E-state index is 11.7. The molecule has 1 aliphatic rings. The number of anilines is 1. The number of nitrogens with one attached hydrogen (secondary N) is 1. The van der Waals surface area contributed by atoms with E-state index in [-0.39, 0.29) is 12.4 Å². The number of hydrogen-bond acceptors (Lipinski definition) is 5. The van der Waals surface area contributed by atoms with Gasteiger partial charge in [0.1, 0.15) is 18.0 Å². The van der Waals surface area contributed by atoms with E-state index >= 15 is 0 Å². The third-order valence-electron chi connectivity index (χ3n) is 3.96. The molecule has 0 fully saturated rings. The molecule has 1 aliphatic heterocycles. The second kappa shape index (κ2) is 6.71. The Morgan fingerprint density at radius 1 is 1.22 bits per heavy atom. The zero-order chi connectivity index (χ0) is 16.2. The summed E-state index contributed by atoms with van der Waals surface area (Å²) in [5.74, 6) is 0.291. The number of carbonyl (C=O) groups excluding carboxylic acids is 1. The van der Waals surface area contributed by atoms with Crippen LogP contribution in [0.25, 0.3) is 0 Å². The van der Waals surface area contributed by atoms with Crippen molar-refractivity contribution in [2.24, 2.45) is 0 Å².